The molecular formula is C30H29N3O6. The van der Waals surface area contributed by atoms with Crippen LogP contribution in [-0.2, 0) is 43.5 Å². The molecule has 200 valence electrons. The first-order valence-corrected chi connectivity index (χ1v) is 12.8. The Bertz CT molecular complexity index is 1360. The molecular weight excluding hydrogens is 498 g/mol. The number of esters is 1. The zero-order valence-corrected chi connectivity index (χ0v) is 21.5. The molecule has 3 aromatic rings. The molecule has 1 N–H and O–H groups in total. The third-order valence-electron chi connectivity index (χ3n) is 6.92. The van der Waals surface area contributed by atoms with E-state index >= 15 is 0 Å². The predicted octanol–water partition coefficient (Wildman–Crippen LogP) is 2.44. The Morgan fingerprint density at radius 3 is 2.15 bits per heavy atom. The van der Waals surface area contributed by atoms with E-state index in [0.29, 0.717) is 17.9 Å². The van der Waals surface area contributed by atoms with Gasteiger partial charge in [-0.25, -0.2) is 4.79 Å². The minimum atomic E-state index is -1.15. The maximum atomic E-state index is 13.1. The number of fused-ring (bicyclic) bond motifs is 1. The Morgan fingerprint density at radius 1 is 0.872 bits per heavy atom. The molecule has 3 aromatic carbocycles. The van der Waals surface area contributed by atoms with Gasteiger partial charge in [0.2, 0.25) is 23.9 Å². The monoisotopic (exact) mass is 527 g/mol. The third kappa shape index (κ3) is 5.62. The quantitative estimate of drug-likeness (QED) is 0.339. The summed E-state index contributed by atoms with van der Waals surface area (Å²) in [5.74, 6) is -1.23. The number of carbonyl (C=O) groups is 4. The molecule has 0 aliphatic carbocycles. The summed E-state index contributed by atoms with van der Waals surface area (Å²) in [4.78, 5) is 53.9. The van der Waals surface area contributed by atoms with Crippen LogP contribution in [0.25, 0.3) is 0 Å². The molecule has 9 heteroatoms. The molecule has 9 nitrogen and oxygen atoms in total. The fourth-order valence-electron chi connectivity index (χ4n) is 4.94. The van der Waals surface area contributed by atoms with Gasteiger partial charge in [0.15, 0.2) is 0 Å². The van der Waals surface area contributed by atoms with Crippen molar-refractivity contribution in [2.24, 2.45) is 0 Å². The van der Waals surface area contributed by atoms with Crippen molar-refractivity contribution in [2.45, 2.75) is 44.8 Å². The number of hydrogen-bond acceptors (Lipinski definition) is 6. The van der Waals surface area contributed by atoms with Gasteiger partial charge in [0.05, 0.1) is 12.5 Å². The minimum absolute atomic E-state index is 0.0143. The lowest BCUT2D eigenvalue weighted by Crippen LogP contribution is -2.71. The second-order valence-electron chi connectivity index (χ2n) is 9.56. The summed E-state index contributed by atoms with van der Waals surface area (Å²) in [6.45, 7) is 1.86. The van der Waals surface area contributed by atoms with Crippen molar-refractivity contribution in [1.82, 2.24) is 15.1 Å². The molecule has 2 fully saturated rings. The van der Waals surface area contributed by atoms with E-state index in [2.05, 4.69) is 5.32 Å². The molecule has 0 bridgehead atoms. The van der Waals surface area contributed by atoms with E-state index in [9.17, 15) is 19.2 Å². The molecule has 0 spiro atoms. The maximum Gasteiger partial charge on any atom is 0.350 e. The first kappa shape index (κ1) is 26.0. The maximum absolute atomic E-state index is 13.1. The van der Waals surface area contributed by atoms with Crippen molar-refractivity contribution >= 4 is 23.7 Å². The van der Waals surface area contributed by atoms with Crippen LogP contribution >= 0.6 is 0 Å². The largest absolute Gasteiger partial charge is 0.489 e. The third-order valence-corrected chi connectivity index (χ3v) is 6.92. The summed E-state index contributed by atoms with van der Waals surface area (Å²) in [7, 11) is 0. The molecule has 2 unspecified atom stereocenters. The van der Waals surface area contributed by atoms with E-state index < -0.39 is 30.1 Å². The average molecular weight is 528 g/mol. The fraction of sp³-hybridized carbons (Fsp3) is 0.267. The molecule has 0 radical (unpaired) electrons. The Labute approximate surface area is 226 Å². The zero-order valence-electron chi connectivity index (χ0n) is 21.5. The van der Waals surface area contributed by atoms with Crippen LogP contribution in [0.1, 0.15) is 23.6 Å². The molecule has 3 amide bonds. The van der Waals surface area contributed by atoms with Gasteiger partial charge in [0.1, 0.15) is 25.0 Å². The van der Waals surface area contributed by atoms with Crippen molar-refractivity contribution in [3.05, 3.63) is 102 Å². The number of nitrogens with one attached hydrogen (secondary N) is 1. The second kappa shape index (κ2) is 11.4. The second-order valence-corrected chi connectivity index (χ2v) is 9.56. The summed E-state index contributed by atoms with van der Waals surface area (Å²) >= 11 is 0. The van der Waals surface area contributed by atoms with E-state index in [1.807, 2.05) is 72.8 Å². The van der Waals surface area contributed by atoms with Gasteiger partial charge in [0, 0.05) is 19.0 Å². The summed E-state index contributed by atoms with van der Waals surface area (Å²) in [6.07, 6.45) is -1.13. The predicted molar refractivity (Wildman–Crippen MR) is 141 cm³/mol. The van der Waals surface area contributed by atoms with Crippen LogP contribution in [0.5, 0.6) is 5.75 Å². The molecule has 2 saturated heterocycles. The number of ether oxygens (including phenoxy) is 2. The average Bonchev–Trinajstić information content (AvgIpc) is 3.32. The van der Waals surface area contributed by atoms with Crippen LogP contribution in [0.4, 0.5) is 0 Å². The number of β-lactam (4-membered cyclic amide) rings is 1. The van der Waals surface area contributed by atoms with Gasteiger partial charge < -0.3 is 24.6 Å². The number of hydrogen-bond donors (Lipinski definition) is 1. The van der Waals surface area contributed by atoms with Gasteiger partial charge in [-0.1, -0.05) is 78.9 Å². The van der Waals surface area contributed by atoms with E-state index in [1.165, 1.54) is 16.7 Å². The molecule has 2 heterocycles. The van der Waals surface area contributed by atoms with Crippen LogP contribution in [-0.4, -0.2) is 58.3 Å². The molecule has 3 atom stereocenters. The molecule has 39 heavy (non-hydrogen) atoms. The summed E-state index contributed by atoms with van der Waals surface area (Å²) in [5.41, 5.74) is 2.49. The molecule has 5 rings (SSSR count). The topological polar surface area (TPSA) is 105 Å². The highest BCUT2D eigenvalue weighted by Gasteiger charge is 2.60. The van der Waals surface area contributed by atoms with Crippen LogP contribution < -0.4 is 10.1 Å². The van der Waals surface area contributed by atoms with Crippen molar-refractivity contribution in [2.75, 3.05) is 6.54 Å². The number of carbonyl (C=O) groups excluding carboxylic acids is 4. The van der Waals surface area contributed by atoms with Gasteiger partial charge in [-0.2, -0.15) is 0 Å². The molecule has 2 aliphatic heterocycles. The Kier molecular flexibility index (Phi) is 7.58. The normalized spacial score (nSPS) is 19.6. The summed E-state index contributed by atoms with van der Waals surface area (Å²) in [5, 5.41) is 2.79. The van der Waals surface area contributed by atoms with Crippen LogP contribution in [0.2, 0.25) is 0 Å². The smallest absolute Gasteiger partial charge is 0.350 e. The SMILES string of the molecule is CC(=O)N1CC2[C@@H](NC(=O)Cc3ccccc3OCc3ccccc3)C(=O)N2C1C(=O)OCc1ccccc1. The van der Waals surface area contributed by atoms with Crippen LogP contribution in [0.3, 0.4) is 0 Å². The lowest BCUT2D eigenvalue weighted by Gasteiger charge is -2.43. The number of rotatable bonds is 9. The van der Waals surface area contributed by atoms with Gasteiger partial charge in [0.25, 0.3) is 0 Å². The molecule has 0 aromatic heterocycles. The fourth-order valence-corrected chi connectivity index (χ4v) is 4.94. The van der Waals surface area contributed by atoms with E-state index in [1.54, 1.807) is 12.1 Å². The van der Waals surface area contributed by atoms with Crippen LogP contribution in [0, 0.1) is 0 Å². The van der Waals surface area contributed by atoms with Gasteiger partial charge in [-0.05, 0) is 17.2 Å². The summed E-state index contributed by atoms with van der Waals surface area (Å²) < 4.78 is 11.4. The zero-order chi connectivity index (χ0) is 27.4. The van der Waals surface area contributed by atoms with Crippen molar-refractivity contribution < 1.29 is 28.7 Å². The van der Waals surface area contributed by atoms with Crippen molar-refractivity contribution in [1.29, 1.82) is 0 Å². The van der Waals surface area contributed by atoms with E-state index in [4.69, 9.17) is 9.47 Å². The number of amides is 3. The standard InChI is InChI=1S/C30H29N3O6/c1-20(34)32-17-24-27(29(36)33(24)28(32)30(37)39-19-22-12-6-3-7-13-22)31-26(35)16-23-14-8-9-15-25(23)38-18-21-10-4-2-5-11-21/h2-15,24,27-28H,16-19H2,1H3,(H,31,35)/t24?,27-,28?/m1/s1. The van der Waals surface area contributed by atoms with Gasteiger partial charge in [-0.3, -0.25) is 14.4 Å². The lowest BCUT2D eigenvalue weighted by atomic mass is 9.96. The Hall–Kier alpha value is -4.66. The Morgan fingerprint density at radius 2 is 1.49 bits per heavy atom. The van der Waals surface area contributed by atoms with Gasteiger partial charge >= 0.3 is 5.97 Å². The Balaban J connectivity index is 1.21. The first-order chi connectivity index (χ1) is 18.9. The number of para-hydroxylation sites is 1. The number of benzene rings is 3. The van der Waals surface area contributed by atoms with Crippen molar-refractivity contribution in [3.63, 3.8) is 0 Å². The highest BCUT2D eigenvalue weighted by atomic mass is 16.5. The highest BCUT2D eigenvalue weighted by Crippen LogP contribution is 2.33. The number of nitrogens with zero attached hydrogens (tertiary/aromatic N) is 2. The molecule has 2 aliphatic rings. The van der Waals surface area contributed by atoms with Crippen LogP contribution in [0.15, 0.2) is 84.9 Å². The summed E-state index contributed by atoms with van der Waals surface area (Å²) in [6, 6.07) is 24.8. The van der Waals surface area contributed by atoms with Gasteiger partial charge in [-0.15, -0.1) is 0 Å². The minimum Gasteiger partial charge on any atom is -0.489 e. The van der Waals surface area contributed by atoms with E-state index in [-0.39, 0.29) is 31.4 Å². The first-order valence-electron chi connectivity index (χ1n) is 12.8. The lowest BCUT2D eigenvalue weighted by molar-refractivity contribution is -0.170. The highest BCUT2D eigenvalue weighted by molar-refractivity contribution is 5.99. The molecule has 0 saturated carbocycles. The van der Waals surface area contributed by atoms with E-state index in [0.717, 1.165) is 11.1 Å². The van der Waals surface area contributed by atoms with Crippen molar-refractivity contribution in [3.8, 4) is 5.75 Å².